The van der Waals surface area contributed by atoms with Crippen LogP contribution in [-0.4, -0.2) is 42.2 Å². The summed E-state index contributed by atoms with van der Waals surface area (Å²) in [5.41, 5.74) is 1.12. The largest absolute Gasteiger partial charge is 0.368 e. The molecule has 1 fully saturated rings. The fraction of sp³-hybridized carbons (Fsp3) is 0.533. The Bertz CT molecular complexity index is 473. The number of hydrogen-bond donors (Lipinski definition) is 1. The van der Waals surface area contributed by atoms with Crippen molar-refractivity contribution in [1.82, 2.24) is 4.90 Å². The Labute approximate surface area is 131 Å². The number of carbonyl (C=O) groups is 1. The number of halogens is 1. The predicted molar refractivity (Wildman–Crippen MR) is 87.9 cm³/mol. The summed E-state index contributed by atoms with van der Waals surface area (Å²) in [5, 5.41) is 0.545. The van der Waals surface area contributed by atoms with E-state index >= 15 is 0 Å². The molecule has 0 spiro atoms. The summed E-state index contributed by atoms with van der Waals surface area (Å²) in [6.07, 6.45) is 0. The van der Waals surface area contributed by atoms with E-state index in [0.717, 1.165) is 36.9 Å². The molecule has 1 aromatic carbocycles. The third-order valence-corrected chi connectivity index (χ3v) is 4.70. The van der Waals surface area contributed by atoms with Gasteiger partial charge in [-0.3, -0.25) is 4.79 Å². The Kier molecular flexibility index (Phi) is 5.22. The minimum Gasteiger partial charge on any atom is -0.368 e. The molecule has 1 heterocycles. The Morgan fingerprint density at radius 3 is 2.45 bits per heavy atom. The number of nitrogens with zero attached hydrogens (tertiary/aromatic N) is 2. The van der Waals surface area contributed by atoms with E-state index in [1.54, 1.807) is 0 Å². The van der Waals surface area contributed by atoms with Gasteiger partial charge >= 0.3 is 0 Å². The average molecular weight is 313 g/mol. The molecule has 20 heavy (non-hydrogen) atoms. The quantitative estimate of drug-likeness (QED) is 0.868. The first-order valence-electron chi connectivity index (χ1n) is 6.96. The molecule has 1 aliphatic rings. The van der Waals surface area contributed by atoms with Crippen molar-refractivity contribution in [3.8, 4) is 0 Å². The molecule has 3 nitrogen and oxygen atoms in total. The van der Waals surface area contributed by atoms with Gasteiger partial charge in [-0.2, -0.15) is 12.6 Å². The number of piperazine rings is 1. The van der Waals surface area contributed by atoms with E-state index in [-0.39, 0.29) is 17.1 Å². The summed E-state index contributed by atoms with van der Waals surface area (Å²) in [5.74, 6) is 0.408. The summed E-state index contributed by atoms with van der Waals surface area (Å²) in [6, 6.07) is 7.85. The molecule has 1 atom stereocenters. The van der Waals surface area contributed by atoms with Crippen LogP contribution in [0, 0.1) is 5.92 Å². The molecular formula is C15H21ClN2OS. The molecule has 2 rings (SSSR count). The SMILES string of the molecule is CC(C)C(S)C(=O)N1CCN(c2cccc(Cl)c2)CC1. The monoisotopic (exact) mass is 312 g/mol. The molecule has 110 valence electrons. The minimum atomic E-state index is -0.201. The molecule has 0 N–H and O–H groups in total. The normalized spacial score (nSPS) is 17.4. The van der Waals surface area contributed by atoms with Gasteiger partial charge in [-0.25, -0.2) is 0 Å². The second kappa shape index (κ2) is 6.72. The van der Waals surface area contributed by atoms with Gasteiger partial charge in [0.05, 0.1) is 5.25 Å². The van der Waals surface area contributed by atoms with Crippen LogP contribution in [-0.2, 0) is 4.79 Å². The zero-order valence-electron chi connectivity index (χ0n) is 11.9. The van der Waals surface area contributed by atoms with Crippen LogP contribution in [0.3, 0.4) is 0 Å². The zero-order chi connectivity index (χ0) is 14.7. The molecule has 0 bridgehead atoms. The zero-order valence-corrected chi connectivity index (χ0v) is 13.6. The molecular weight excluding hydrogens is 292 g/mol. The van der Waals surface area contributed by atoms with Crippen molar-refractivity contribution in [1.29, 1.82) is 0 Å². The third-order valence-electron chi connectivity index (χ3n) is 3.65. The van der Waals surface area contributed by atoms with Crippen molar-refractivity contribution in [3.05, 3.63) is 29.3 Å². The summed E-state index contributed by atoms with van der Waals surface area (Å²) in [4.78, 5) is 16.4. The van der Waals surface area contributed by atoms with Gasteiger partial charge in [0.2, 0.25) is 5.91 Å². The van der Waals surface area contributed by atoms with Crippen molar-refractivity contribution in [2.24, 2.45) is 5.92 Å². The Hall–Kier alpha value is -0.870. The molecule has 0 aliphatic carbocycles. The van der Waals surface area contributed by atoms with Gasteiger partial charge in [0, 0.05) is 36.9 Å². The van der Waals surface area contributed by atoms with Gasteiger partial charge in [-0.15, -0.1) is 0 Å². The maximum atomic E-state index is 12.2. The highest BCUT2D eigenvalue weighted by molar-refractivity contribution is 7.81. The van der Waals surface area contributed by atoms with Crippen LogP contribution in [0.25, 0.3) is 0 Å². The van der Waals surface area contributed by atoms with Crippen LogP contribution in [0.4, 0.5) is 5.69 Å². The van der Waals surface area contributed by atoms with Crippen molar-refractivity contribution in [2.45, 2.75) is 19.1 Å². The van der Waals surface area contributed by atoms with E-state index in [2.05, 4.69) is 23.6 Å². The molecule has 5 heteroatoms. The fourth-order valence-corrected chi connectivity index (χ4v) is 2.68. The Balaban J connectivity index is 1.94. The smallest absolute Gasteiger partial charge is 0.235 e. The van der Waals surface area contributed by atoms with Crippen LogP contribution in [0.1, 0.15) is 13.8 Å². The minimum absolute atomic E-state index is 0.147. The van der Waals surface area contributed by atoms with Crippen molar-refractivity contribution in [2.75, 3.05) is 31.1 Å². The second-order valence-electron chi connectivity index (χ2n) is 5.48. The second-order valence-corrected chi connectivity index (χ2v) is 6.47. The van der Waals surface area contributed by atoms with E-state index in [4.69, 9.17) is 11.6 Å². The standard InChI is InChI=1S/C15H21ClN2OS/c1-11(2)14(20)15(19)18-8-6-17(7-9-18)13-5-3-4-12(16)10-13/h3-5,10-11,14,20H,6-9H2,1-2H3. The number of hydrogen-bond acceptors (Lipinski definition) is 3. The fourth-order valence-electron chi connectivity index (χ4n) is 2.33. The topological polar surface area (TPSA) is 23.6 Å². The van der Waals surface area contributed by atoms with Crippen LogP contribution >= 0.6 is 24.2 Å². The summed E-state index contributed by atoms with van der Waals surface area (Å²) >= 11 is 10.4. The highest BCUT2D eigenvalue weighted by atomic mass is 35.5. The van der Waals surface area contributed by atoms with E-state index in [0.29, 0.717) is 0 Å². The number of carbonyl (C=O) groups excluding carboxylic acids is 1. The van der Waals surface area contributed by atoms with Crippen LogP contribution in [0.2, 0.25) is 5.02 Å². The van der Waals surface area contributed by atoms with Crippen molar-refractivity contribution in [3.63, 3.8) is 0 Å². The third kappa shape index (κ3) is 3.61. The molecule has 1 unspecified atom stereocenters. The Morgan fingerprint density at radius 1 is 1.25 bits per heavy atom. The van der Waals surface area contributed by atoms with Gasteiger partial charge < -0.3 is 9.80 Å². The first-order valence-corrected chi connectivity index (χ1v) is 7.86. The van der Waals surface area contributed by atoms with Gasteiger partial charge in [-0.05, 0) is 24.1 Å². The molecule has 1 aromatic rings. The van der Waals surface area contributed by atoms with Crippen LogP contribution in [0.5, 0.6) is 0 Å². The number of thiol groups is 1. The van der Waals surface area contributed by atoms with Gasteiger partial charge in [0.15, 0.2) is 0 Å². The molecule has 0 saturated carbocycles. The molecule has 1 amide bonds. The predicted octanol–water partition coefficient (Wildman–Crippen LogP) is 2.94. The molecule has 1 aliphatic heterocycles. The summed E-state index contributed by atoms with van der Waals surface area (Å²) in [6.45, 7) is 7.22. The number of amides is 1. The number of rotatable bonds is 3. The van der Waals surface area contributed by atoms with Gasteiger partial charge in [0.25, 0.3) is 0 Å². The van der Waals surface area contributed by atoms with E-state index in [1.807, 2.05) is 36.9 Å². The lowest BCUT2D eigenvalue weighted by atomic mass is 10.1. The van der Waals surface area contributed by atoms with Gasteiger partial charge in [-0.1, -0.05) is 31.5 Å². The van der Waals surface area contributed by atoms with Crippen LogP contribution in [0.15, 0.2) is 24.3 Å². The lowest BCUT2D eigenvalue weighted by Crippen LogP contribution is -2.51. The summed E-state index contributed by atoms with van der Waals surface area (Å²) < 4.78 is 0. The van der Waals surface area contributed by atoms with Crippen LogP contribution < -0.4 is 4.90 Å². The Morgan fingerprint density at radius 2 is 1.90 bits per heavy atom. The first kappa shape index (κ1) is 15.5. The maximum Gasteiger partial charge on any atom is 0.235 e. The highest BCUT2D eigenvalue weighted by Crippen LogP contribution is 2.21. The summed E-state index contributed by atoms with van der Waals surface area (Å²) in [7, 11) is 0. The van der Waals surface area contributed by atoms with Crippen molar-refractivity contribution >= 4 is 35.8 Å². The first-order chi connectivity index (χ1) is 9.49. The maximum absolute atomic E-state index is 12.2. The lowest BCUT2D eigenvalue weighted by molar-refractivity contribution is -0.131. The molecule has 1 saturated heterocycles. The van der Waals surface area contributed by atoms with E-state index < -0.39 is 0 Å². The van der Waals surface area contributed by atoms with E-state index in [9.17, 15) is 4.79 Å². The van der Waals surface area contributed by atoms with Crippen molar-refractivity contribution < 1.29 is 4.79 Å². The lowest BCUT2D eigenvalue weighted by Gasteiger charge is -2.37. The molecule has 0 aromatic heterocycles. The number of benzene rings is 1. The number of anilines is 1. The van der Waals surface area contributed by atoms with E-state index in [1.165, 1.54) is 0 Å². The highest BCUT2D eigenvalue weighted by Gasteiger charge is 2.27. The molecule has 0 radical (unpaired) electrons. The average Bonchev–Trinajstić information content (AvgIpc) is 2.46. The van der Waals surface area contributed by atoms with Gasteiger partial charge in [0.1, 0.15) is 0 Å².